The Labute approximate surface area is 156 Å². The number of allylic oxidation sites excluding steroid dienone is 1. The van der Waals surface area contributed by atoms with Crippen LogP contribution in [0.2, 0.25) is 0 Å². The van der Waals surface area contributed by atoms with Gasteiger partial charge in [-0.25, -0.2) is 0 Å². The molecule has 0 spiro atoms. The van der Waals surface area contributed by atoms with Gasteiger partial charge >= 0.3 is 0 Å². The third-order valence-electron chi connectivity index (χ3n) is 4.78. The molecule has 1 nitrogen and oxygen atoms in total. The van der Waals surface area contributed by atoms with E-state index in [1.54, 1.807) is 0 Å². The van der Waals surface area contributed by atoms with Crippen LogP contribution in [0.25, 0.3) is 0 Å². The van der Waals surface area contributed by atoms with Crippen molar-refractivity contribution < 1.29 is 4.79 Å². The van der Waals surface area contributed by atoms with Crippen LogP contribution in [0.1, 0.15) is 122 Å². The van der Waals surface area contributed by atoms with E-state index in [1.807, 2.05) is 6.08 Å². The van der Waals surface area contributed by atoms with Crippen LogP contribution in [-0.2, 0) is 4.79 Å². The smallest absolute Gasteiger partial charge is 0.221 e. The number of carbonyl (C=O) groups is 1. The first kappa shape index (κ1) is 23.7. The highest BCUT2D eigenvalue weighted by molar-refractivity contribution is 6.63. The van der Waals surface area contributed by atoms with Gasteiger partial charge in [0.2, 0.25) is 5.24 Å². The summed E-state index contributed by atoms with van der Waals surface area (Å²) in [5, 5.41) is -0.182. The summed E-state index contributed by atoms with van der Waals surface area (Å²) in [6, 6.07) is 0. The molecule has 0 aromatic carbocycles. The molecule has 0 atom stereocenters. The van der Waals surface area contributed by atoms with E-state index in [9.17, 15) is 4.79 Å². The zero-order valence-electron chi connectivity index (χ0n) is 16.0. The number of carbonyl (C=O) groups excluding carboxylic acids is 1. The Bertz CT molecular complexity index is 275. The van der Waals surface area contributed by atoms with Gasteiger partial charge in [0.1, 0.15) is 0 Å². The van der Waals surface area contributed by atoms with Gasteiger partial charge in [-0.3, -0.25) is 4.79 Å². The molecular weight excluding hydrogens is 316 g/mol. The molecule has 0 radical (unpaired) electrons. The fourth-order valence-electron chi connectivity index (χ4n) is 3.20. The first-order valence-corrected chi connectivity index (χ1v) is 10.9. The summed E-state index contributed by atoms with van der Waals surface area (Å²) < 4.78 is 0. The van der Waals surface area contributed by atoms with E-state index in [2.05, 4.69) is 6.58 Å². The van der Waals surface area contributed by atoms with Gasteiger partial charge in [-0.1, -0.05) is 102 Å². The van der Waals surface area contributed by atoms with E-state index >= 15 is 0 Å². The maximum Gasteiger partial charge on any atom is 0.221 e. The molecule has 0 saturated heterocycles. The molecule has 0 rings (SSSR count). The largest absolute Gasteiger partial charge is 0.281 e. The van der Waals surface area contributed by atoms with Crippen molar-refractivity contribution in [3.05, 3.63) is 12.7 Å². The van der Waals surface area contributed by atoms with E-state index in [-0.39, 0.29) is 5.24 Å². The maximum atomic E-state index is 10.6. The average molecular weight is 357 g/mol. The molecular formula is C22H41ClO. The highest BCUT2D eigenvalue weighted by Crippen LogP contribution is 2.14. The second-order valence-corrected chi connectivity index (χ2v) is 7.61. The van der Waals surface area contributed by atoms with Crippen molar-refractivity contribution in [1.82, 2.24) is 0 Å². The lowest BCUT2D eigenvalue weighted by Gasteiger charge is -2.03. The minimum atomic E-state index is -0.182. The molecule has 0 saturated carbocycles. The molecule has 0 aliphatic rings. The Morgan fingerprint density at radius 2 is 0.875 bits per heavy atom. The van der Waals surface area contributed by atoms with Crippen molar-refractivity contribution in [1.29, 1.82) is 0 Å². The predicted octanol–water partition coefficient (Wildman–Crippen LogP) is 8.35. The quantitative estimate of drug-likeness (QED) is 0.122. The standard InChI is InChI=1S/C22H41ClO/c1-2-3-4-5-6-7-8-9-10-11-12-13-14-15-16-17-18-19-20-21-22(23)24/h2H,1,3-21H2. The first-order chi connectivity index (χ1) is 11.8. The van der Waals surface area contributed by atoms with Crippen LogP contribution in [0.3, 0.4) is 0 Å². The Hall–Kier alpha value is -0.300. The molecule has 0 amide bonds. The highest BCUT2D eigenvalue weighted by Gasteiger charge is 1.97. The Morgan fingerprint density at radius 1 is 0.583 bits per heavy atom. The summed E-state index contributed by atoms with van der Waals surface area (Å²) >= 11 is 5.32. The van der Waals surface area contributed by atoms with Crippen LogP contribution in [0.5, 0.6) is 0 Å². The van der Waals surface area contributed by atoms with Gasteiger partial charge in [0.05, 0.1) is 0 Å². The zero-order chi connectivity index (χ0) is 17.7. The van der Waals surface area contributed by atoms with E-state index in [0.29, 0.717) is 6.42 Å². The number of rotatable bonds is 20. The highest BCUT2D eigenvalue weighted by atomic mass is 35.5. The first-order valence-electron chi connectivity index (χ1n) is 10.6. The Morgan fingerprint density at radius 3 is 1.17 bits per heavy atom. The van der Waals surface area contributed by atoms with Crippen molar-refractivity contribution in [3.63, 3.8) is 0 Å². The SMILES string of the molecule is C=CCCCCCCCCCCCCCCCCCCCC(=O)Cl. The molecule has 0 bridgehead atoms. The van der Waals surface area contributed by atoms with Gasteiger partial charge < -0.3 is 0 Å². The summed E-state index contributed by atoms with van der Waals surface area (Å²) in [6.07, 6.45) is 26.8. The molecule has 142 valence electrons. The molecule has 0 fully saturated rings. The summed E-state index contributed by atoms with van der Waals surface area (Å²) in [4.78, 5) is 10.6. The van der Waals surface area contributed by atoms with Crippen LogP contribution >= 0.6 is 11.6 Å². The summed E-state index contributed by atoms with van der Waals surface area (Å²) in [5.74, 6) is 0. The van der Waals surface area contributed by atoms with Crippen LogP contribution in [0.15, 0.2) is 12.7 Å². The zero-order valence-corrected chi connectivity index (χ0v) is 16.8. The van der Waals surface area contributed by atoms with Crippen LogP contribution < -0.4 is 0 Å². The van der Waals surface area contributed by atoms with Crippen molar-refractivity contribution in [2.45, 2.75) is 122 Å². The number of hydrogen-bond acceptors (Lipinski definition) is 1. The molecule has 24 heavy (non-hydrogen) atoms. The summed E-state index contributed by atoms with van der Waals surface area (Å²) in [6.45, 7) is 3.77. The molecule has 2 heteroatoms. The van der Waals surface area contributed by atoms with Crippen molar-refractivity contribution >= 4 is 16.8 Å². The molecule has 0 aliphatic heterocycles. The average Bonchev–Trinajstić information content (AvgIpc) is 2.56. The van der Waals surface area contributed by atoms with Gasteiger partial charge in [0, 0.05) is 6.42 Å². The predicted molar refractivity (Wildman–Crippen MR) is 109 cm³/mol. The van der Waals surface area contributed by atoms with Gasteiger partial charge in [-0.15, -0.1) is 6.58 Å². The summed E-state index contributed by atoms with van der Waals surface area (Å²) in [5.41, 5.74) is 0. The fraction of sp³-hybridized carbons (Fsp3) is 0.864. The monoisotopic (exact) mass is 356 g/mol. The van der Waals surface area contributed by atoms with E-state index in [1.165, 1.54) is 103 Å². The maximum absolute atomic E-state index is 10.6. The van der Waals surface area contributed by atoms with Crippen molar-refractivity contribution in [2.24, 2.45) is 0 Å². The van der Waals surface area contributed by atoms with E-state index in [0.717, 1.165) is 12.8 Å². The topological polar surface area (TPSA) is 17.1 Å². The molecule has 0 N–H and O–H groups in total. The van der Waals surface area contributed by atoms with Gasteiger partial charge in [0.15, 0.2) is 0 Å². The van der Waals surface area contributed by atoms with Crippen LogP contribution in [-0.4, -0.2) is 5.24 Å². The van der Waals surface area contributed by atoms with Gasteiger partial charge in [-0.2, -0.15) is 0 Å². The van der Waals surface area contributed by atoms with Gasteiger partial charge in [0.25, 0.3) is 0 Å². The molecule has 0 aliphatic carbocycles. The van der Waals surface area contributed by atoms with Crippen molar-refractivity contribution in [3.8, 4) is 0 Å². The normalized spacial score (nSPS) is 10.9. The minimum absolute atomic E-state index is 0.182. The lowest BCUT2D eigenvalue weighted by atomic mass is 10.0. The Kier molecular flexibility index (Phi) is 20.5. The lowest BCUT2D eigenvalue weighted by Crippen LogP contribution is -1.86. The number of halogens is 1. The number of unbranched alkanes of at least 4 members (excludes halogenated alkanes) is 17. The number of hydrogen-bond donors (Lipinski definition) is 0. The lowest BCUT2D eigenvalue weighted by molar-refractivity contribution is -0.111. The Balaban J connectivity index is 2.98. The van der Waals surface area contributed by atoms with E-state index < -0.39 is 0 Å². The molecule has 0 unspecified atom stereocenters. The van der Waals surface area contributed by atoms with Crippen LogP contribution in [0, 0.1) is 0 Å². The van der Waals surface area contributed by atoms with Crippen molar-refractivity contribution in [2.75, 3.05) is 0 Å². The molecule has 0 aromatic heterocycles. The second-order valence-electron chi connectivity index (χ2n) is 7.19. The molecule has 0 heterocycles. The third kappa shape index (κ3) is 21.7. The minimum Gasteiger partial charge on any atom is -0.281 e. The third-order valence-corrected chi connectivity index (χ3v) is 4.97. The molecule has 0 aromatic rings. The van der Waals surface area contributed by atoms with Crippen LogP contribution in [0.4, 0.5) is 0 Å². The van der Waals surface area contributed by atoms with E-state index in [4.69, 9.17) is 11.6 Å². The summed E-state index contributed by atoms with van der Waals surface area (Å²) in [7, 11) is 0. The fourth-order valence-corrected chi connectivity index (χ4v) is 3.34. The second kappa shape index (κ2) is 20.7. The van der Waals surface area contributed by atoms with Gasteiger partial charge in [-0.05, 0) is 30.9 Å².